The van der Waals surface area contributed by atoms with Crippen LogP contribution in [-0.4, -0.2) is 160 Å². The summed E-state index contributed by atoms with van der Waals surface area (Å²) in [6.45, 7) is 3.63. The number of rotatable bonds is 32. The highest BCUT2D eigenvalue weighted by atomic mass is 16.7. The second kappa shape index (κ2) is 31.1. The quantitative estimate of drug-likeness (QED) is 0.0431. The van der Waals surface area contributed by atoms with Crippen molar-refractivity contribution in [2.75, 3.05) is 72.9 Å². The first-order valence-corrected chi connectivity index (χ1v) is 22.2. The number of nitrogens with two attached hydrogens (primary N) is 1. The van der Waals surface area contributed by atoms with Crippen LogP contribution in [0.25, 0.3) is 11.1 Å². The zero-order valence-electron chi connectivity index (χ0n) is 37.4. The summed E-state index contributed by atoms with van der Waals surface area (Å²) < 4.78 is 27.3. The molecule has 0 bridgehead atoms. The van der Waals surface area contributed by atoms with E-state index in [1.54, 1.807) is 44.3 Å². The number of unbranched alkanes of at least 4 members (excludes halogenated alkanes) is 1. The van der Waals surface area contributed by atoms with Gasteiger partial charge in [-0.1, -0.05) is 30.7 Å². The number of carbonyl (C=O) groups excluding carboxylic acids is 6. The number of aliphatic hydroxyl groups excluding tert-OH is 3. The predicted molar refractivity (Wildman–Crippen MR) is 237 cm³/mol. The molecule has 1 aliphatic rings. The van der Waals surface area contributed by atoms with Crippen molar-refractivity contribution in [3.63, 3.8) is 0 Å². The van der Waals surface area contributed by atoms with Crippen LogP contribution >= 0.6 is 0 Å². The third-order valence-corrected chi connectivity index (χ3v) is 10.2. The summed E-state index contributed by atoms with van der Waals surface area (Å²) >= 11 is 0. The molecule has 0 radical (unpaired) electrons. The molecule has 0 aliphatic carbocycles. The SMILES string of the molecule is CN[C@@H](CCCCN)C(=O)NC(=O)CCCC(=O)NCCNC(=O)c1cccc(-c2ccc(OCC(=O)CCCOCCC(=O)NCCOCCO[C@@H]3O[C@@H](C)[C@H](O)[C@@H](O)[C@H]3O)cc2)c1. The minimum atomic E-state index is -1.38. The third-order valence-electron chi connectivity index (χ3n) is 10.2. The molecule has 65 heavy (non-hydrogen) atoms. The Morgan fingerprint density at radius 3 is 2.17 bits per heavy atom. The zero-order chi connectivity index (χ0) is 47.4. The van der Waals surface area contributed by atoms with Crippen LogP contribution in [0.2, 0.25) is 0 Å². The summed E-state index contributed by atoms with van der Waals surface area (Å²) in [6.07, 6.45) is -2.36. The molecule has 20 nitrogen and oxygen atoms in total. The highest BCUT2D eigenvalue weighted by Crippen LogP contribution is 2.24. The second-order valence-electron chi connectivity index (χ2n) is 15.4. The molecule has 5 amide bonds. The molecule has 362 valence electrons. The summed E-state index contributed by atoms with van der Waals surface area (Å²) in [5, 5.41) is 43.0. The summed E-state index contributed by atoms with van der Waals surface area (Å²) in [5.74, 6) is -1.23. The van der Waals surface area contributed by atoms with Gasteiger partial charge in [0, 0.05) is 57.5 Å². The smallest absolute Gasteiger partial charge is 0.251 e. The maximum absolute atomic E-state index is 12.8. The van der Waals surface area contributed by atoms with Gasteiger partial charge in [-0.2, -0.15) is 0 Å². The van der Waals surface area contributed by atoms with Crippen LogP contribution in [0, 0.1) is 0 Å². The van der Waals surface area contributed by atoms with Gasteiger partial charge in [0.25, 0.3) is 5.91 Å². The highest BCUT2D eigenvalue weighted by Gasteiger charge is 2.42. The van der Waals surface area contributed by atoms with E-state index in [9.17, 15) is 44.1 Å². The highest BCUT2D eigenvalue weighted by molar-refractivity contribution is 5.98. The predicted octanol–water partition coefficient (Wildman–Crippen LogP) is -0.159. The molecule has 1 heterocycles. The molecule has 0 unspecified atom stereocenters. The first kappa shape index (κ1) is 54.4. The molecule has 3 rings (SSSR count). The van der Waals surface area contributed by atoms with Gasteiger partial charge in [0.1, 0.15) is 30.7 Å². The van der Waals surface area contributed by atoms with Crippen molar-refractivity contribution >= 4 is 35.3 Å². The molecule has 0 saturated carbocycles. The van der Waals surface area contributed by atoms with Gasteiger partial charge in [0.15, 0.2) is 12.1 Å². The van der Waals surface area contributed by atoms with Gasteiger partial charge < -0.3 is 66.0 Å². The number of aliphatic hydroxyl groups is 3. The number of likely N-dealkylation sites (N-methyl/N-ethyl adjacent to an activating group) is 1. The van der Waals surface area contributed by atoms with Gasteiger partial charge in [0.05, 0.1) is 38.6 Å². The lowest BCUT2D eigenvalue weighted by atomic mass is 10.0. The van der Waals surface area contributed by atoms with E-state index in [4.69, 9.17) is 29.4 Å². The molecule has 20 heteroatoms. The number of imide groups is 1. The third kappa shape index (κ3) is 21.3. The number of hydrogen-bond acceptors (Lipinski definition) is 16. The van der Waals surface area contributed by atoms with E-state index in [1.807, 2.05) is 18.2 Å². The second-order valence-corrected chi connectivity index (χ2v) is 15.4. The fourth-order valence-corrected chi connectivity index (χ4v) is 6.45. The van der Waals surface area contributed by atoms with Crippen molar-refractivity contribution < 1.29 is 67.8 Å². The lowest BCUT2D eigenvalue weighted by Gasteiger charge is -2.38. The van der Waals surface area contributed by atoms with Crippen LogP contribution in [0.5, 0.6) is 5.75 Å². The van der Waals surface area contributed by atoms with Crippen molar-refractivity contribution in [1.82, 2.24) is 26.6 Å². The number of ketones is 1. The molecule has 0 spiro atoms. The van der Waals surface area contributed by atoms with E-state index in [-0.39, 0.29) is 108 Å². The standard InChI is InChI=1S/C45H68N6O14/c1-30-40(56)41(57)42(58)45(65-30)63-27-26-62-25-22-49-38(54)18-24-61-23-7-10-34(52)29-64-35-16-14-31(15-17-35)32-8-5-9-33(28-32)43(59)50-21-20-48-37(53)12-6-13-39(55)51-44(60)36(47-2)11-3-4-19-46/h5,8-9,14-17,28,30,36,40-42,45,47,56-58H,3-4,6-7,10-13,18-27,29,46H2,1-2H3,(H,48,53)(H,49,54)(H,50,59)(H,51,55,60)/t30-,36-,40-,41+,42+,45+/m0/s1. The Hall–Kier alpha value is -4.90. The maximum atomic E-state index is 12.8. The molecule has 0 aromatic heterocycles. The molecule has 10 N–H and O–H groups in total. The molecular formula is C45H68N6O14. The fourth-order valence-electron chi connectivity index (χ4n) is 6.45. The largest absolute Gasteiger partial charge is 0.486 e. The van der Waals surface area contributed by atoms with Crippen LogP contribution in [0.3, 0.4) is 0 Å². The average molecular weight is 917 g/mol. The first-order chi connectivity index (χ1) is 31.3. The van der Waals surface area contributed by atoms with Crippen molar-refractivity contribution in [1.29, 1.82) is 0 Å². The molecule has 2 aromatic carbocycles. The topological polar surface area (TPSA) is 295 Å². The molecule has 6 atom stereocenters. The number of carbonyl (C=O) groups is 6. The minimum Gasteiger partial charge on any atom is -0.486 e. The Labute approximate surface area is 380 Å². The van der Waals surface area contributed by atoms with E-state index in [0.717, 1.165) is 24.0 Å². The molecule has 1 aliphatic heterocycles. The lowest BCUT2D eigenvalue weighted by Crippen LogP contribution is -2.57. The first-order valence-electron chi connectivity index (χ1n) is 22.2. The lowest BCUT2D eigenvalue weighted by molar-refractivity contribution is -0.294. The Morgan fingerprint density at radius 1 is 0.708 bits per heavy atom. The number of ether oxygens (including phenoxy) is 5. The minimum absolute atomic E-state index is 0.0282. The van der Waals surface area contributed by atoms with Crippen molar-refractivity contribution in [3.05, 3.63) is 54.1 Å². The van der Waals surface area contributed by atoms with Gasteiger partial charge in [-0.05, 0) is 81.6 Å². The summed E-state index contributed by atoms with van der Waals surface area (Å²) in [7, 11) is 1.65. The van der Waals surface area contributed by atoms with Crippen LogP contribution in [0.1, 0.15) is 75.1 Å². The molecule has 2 aromatic rings. The van der Waals surface area contributed by atoms with E-state index in [2.05, 4.69) is 26.6 Å². The molecular weight excluding hydrogens is 849 g/mol. The van der Waals surface area contributed by atoms with Crippen molar-refractivity contribution in [2.45, 2.75) is 101 Å². The van der Waals surface area contributed by atoms with E-state index in [0.29, 0.717) is 37.3 Å². The summed E-state index contributed by atoms with van der Waals surface area (Å²) in [4.78, 5) is 74.0. The Balaban J connectivity index is 1.20. The van der Waals surface area contributed by atoms with Crippen molar-refractivity contribution in [3.8, 4) is 16.9 Å². The normalized spacial score (nSPS) is 18.6. The van der Waals surface area contributed by atoms with E-state index in [1.165, 1.54) is 0 Å². The molecule has 1 fully saturated rings. The maximum Gasteiger partial charge on any atom is 0.251 e. The number of hydrogen-bond donors (Lipinski definition) is 9. The Bertz CT molecular complexity index is 1770. The van der Waals surface area contributed by atoms with E-state index >= 15 is 0 Å². The van der Waals surface area contributed by atoms with Crippen LogP contribution in [0.15, 0.2) is 48.5 Å². The van der Waals surface area contributed by atoms with Crippen LogP contribution in [0.4, 0.5) is 0 Å². The summed E-state index contributed by atoms with van der Waals surface area (Å²) in [6, 6.07) is 13.7. The van der Waals surface area contributed by atoms with Gasteiger partial charge in [0.2, 0.25) is 23.6 Å². The Morgan fingerprint density at radius 2 is 1.42 bits per heavy atom. The fraction of sp³-hybridized carbons (Fsp3) is 0.600. The van der Waals surface area contributed by atoms with Crippen LogP contribution < -0.4 is 37.1 Å². The Kier molecular flexibility index (Phi) is 26.0. The van der Waals surface area contributed by atoms with Gasteiger partial charge in [-0.15, -0.1) is 0 Å². The summed E-state index contributed by atoms with van der Waals surface area (Å²) in [5.41, 5.74) is 7.56. The molecule has 1 saturated heterocycles. The van der Waals surface area contributed by atoms with Gasteiger partial charge in [-0.25, -0.2) is 0 Å². The van der Waals surface area contributed by atoms with Crippen molar-refractivity contribution in [2.24, 2.45) is 5.73 Å². The van der Waals surface area contributed by atoms with Gasteiger partial charge >= 0.3 is 0 Å². The van der Waals surface area contributed by atoms with Crippen LogP contribution in [-0.2, 0) is 42.9 Å². The van der Waals surface area contributed by atoms with E-state index < -0.39 is 48.6 Å². The number of benzene rings is 2. The number of amides is 5. The number of nitrogens with one attached hydrogen (secondary N) is 5. The monoisotopic (exact) mass is 916 g/mol. The van der Waals surface area contributed by atoms with Gasteiger partial charge in [-0.3, -0.25) is 34.1 Å². The number of Topliss-reactive ketones (excluding diaryl/α,β-unsaturated/α-hetero) is 1. The zero-order valence-corrected chi connectivity index (χ0v) is 37.4. The average Bonchev–Trinajstić information content (AvgIpc) is 3.30.